The number of aryl methyl sites for hydroxylation is 2. The fraction of sp³-hybridized carbons (Fsp3) is 0.400. The summed E-state index contributed by atoms with van der Waals surface area (Å²) in [5.41, 5.74) is 11.5. The standard InChI is InChI=1S/C35H41Cl2N7O2/c1-22-14-23(2)16-25(15-22)34(46)42-12-13-43(32(21-42)24-4-9-30(36)31(37)17-24)33(45)10-11-41-19-29-18-28(41)20-44(29)27-7-5-26(6-8-27)40-35(38)39-3/h4-9,14-17,28-29,32H,10-13,18-21H2,1-3H3,(H3,38,39,40). The molecule has 3 unspecified atom stereocenters. The van der Waals surface area contributed by atoms with E-state index >= 15 is 0 Å². The number of fused-ring (bicyclic) bond motifs is 2. The molecule has 2 bridgehead atoms. The summed E-state index contributed by atoms with van der Waals surface area (Å²) < 4.78 is 0. The monoisotopic (exact) mass is 661 g/mol. The molecule has 3 atom stereocenters. The highest BCUT2D eigenvalue weighted by molar-refractivity contribution is 6.42. The molecule has 6 rings (SSSR count). The Bertz CT molecular complexity index is 1630. The van der Waals surface area contributed by atoms with Gasteiger partial charge in [-0.15, -0.1) is 0 Å². The number of carbonyl (C=O) groups is 2. The highest BCUT2D eigenvalue weighted by Gasteiger charge is 2.43. The molecule has 242 valence electrons. The summed E-state index contributed by atoms with van der Waals surface area (Å²) in [4.78, 5) is 40.1. The number of aliphatic imine (C=N–C) groups is 1. The van der Waals surface area contributed by atoms with Crippen molar-refractivity contribution in [3.05, 3.63) is 93.0 Å². The fourth-order valence-corrected chi connectivity index (χ4v) is 7.52. The van der Waals surface area contributed by atoms with Crippen molar-refractivity contribution in [3.8, 4) is 0 Å². The van der Waals surface area contributed by atoms with E-state index in [0.717, 1.165) is 41.9 Å². The SMILES string of the molecule is CN=C(N)Nc1ccc(N2CC3CC2CN3CCC(=O)N2CCN(C(=O)c3cc(C)cc(C)c3)CC2c2ccc(Cl)c(Cl)c2)cc1. The van der Waals surface area contributed by atoms with Gasteiger partial charge in [-0.1, -0.05) is 46.5 Å². The maximum atomic E-state index is 13.9. The maximum absolute atomic E-state index is 13.9. The zero-order valence-corrected chi connectivity index (χ0v) is 28.1. The van der Waals surface area contributed by atoms with Crippen LogP contribution in [0.1, 0.15) is 45.9 Å². The van der Waals surface area contributed by atoms with Crippen LogP contribution in [0.25, 0.3) is 0 Å². The molecule has 3 aromatic rings. The first-order valence-corrected chi connectivity index (χ1v) is 16.6. The molecule has 0 aromatic heterocycles. The van der Waals surface area contributed by atoms with E-state index in [1.165, 1.54) is 5.69 Å². The number of halogens is 2. The quantitative estimate of drug-likeness (QED) is 0.262. The molecule has 3 aromatic carbocycles. The van der Waals surface area contributed by atoms with E-state index in [0.29, 0.717) is 66.3 Å². The number of nitrogens with two attached hydrogens (primary N) is 1. The number of likely N-dealkylation sites (tertiary alicyclic amines) is 1. The van der Waals surface area contributed by atoms with Crippen molar-refractivity contribution >= 4 is 52.4 Å². The molecular formula is C35H41Cl2N7O2. The van der Waals surface area contributed by atoms with Crippen LogP contribution in [0.4, 0.5) is 11.4 Å². The molecule has 3 N–H and O–H groups in total. The lowest BCUT2D eigenvalue weighted by Gasteiger charge is -2.42. The highest BCUT2D eigenvalue weighted by atomic mass is 35.5. The van der Waals surface area contributed by atoms with Gasteiger partial charge in [0.25, 0.3) is 5.91 Å². The van der Waals surface area contributed by atoms with Gasteiger partial charge in [0, 0.05) is 81.8 Å². The number of benzene rings is 3. The normalized spacial score (nSPS) is 21.6. The molecule has 3 heterocycles. The molecule has 0 saturated carbocycles. The second kappa shape index (κ2) is 13.5. The van der Waals surface area contributed by atoms with Gasteiger partial charge in [0.15, 0.2) is 5.96 Å². The predicted molar refractivity (Wildman–Crippen MR) is 186 cm³/mol. The van der Waals surface area contributed by atoms with Crippen LogP contribution < -0.4 is 16.0 Å². The molecule has 9 nitrogen and oxygen atoms in total. The Morgan fingerprint density at radius 1 is 0.913 bits per heavy atom. The Hall–Kier alpha value is -3.79. The number of guanidine groups is 1. The number of nitrogens with zero attached hydrogens (tertiary/aromatic N) is 5. The minimum absolute atomic E-state index is 0.0218. The van der Waals surface area contributed by atoms with E-state index in [1.54, 1.807) is 13.1 Å². The molecule has 0 radical (unpaired) electrons. The second-order valence-electron chi connectivity index (χ2n) is 12.6. The zero-order chi connectivity index (χ0) is 32.5. The molecular weight excluding hydrogens is 621 g/mol. The van der Waals surface area contributed by atoms with Crippen LogP contribution >= 0.6 is 23.2 Å². The van der Waals surface area contributed by atoms with Crippen LogP contribution in [-0.4, -0.2) is 90.9 Å². The topological polar surface area (TPSA) is 97.5 Å². The van der Waals surface area contributed by atoms with Crippen LogP contribution in [0.5, 0.6) is 0 Å². The summed E-state index contributed by atoms with van der Waals surface area (Å²) in [6, 6.07) is 20.2. The van der Waals surface area contributed by atoms with Crippen LogP contribution in [-0.2, 0) is 4.79 Å². The van der Waals surface area contributed by atoms with Crippen molar-refractivity contribution in [2.75, 3.05) is 56.5 Å². The number of amides is 2. The van der Waals surface area contributed by atoms with Gasteiger partial charge in [-0.3, -0.25) is 19.5 Å². The average molecular weight is 663 g/mol. The Balaban J connectivity index is 1.10. The van der Waals surface area contributed by atoms with Crippen LogP contribution in [0.15, 0.2) is 65.7 Å². The number of nitrogens with one attached hydrogen (secondary N) is 1. The van der Waals surface area contributed by atoms with Crippen LogP contribution in [0, 0.1) is 13.8 Å². The first kappa shape index (κ1) is 32.2. The van der Waals surface area contributed by atoms with Gasteiger partial charge >= 0.3 is 0 Å². The molecule has 3 fully saturated rings. The van der Waals surface area contributed by atoms with E-state index in [1.807, 2.05) is 60.0 Å². The molecule has 0 spiro atoms. The van der Waals surface area contributed by atoms with Gasteiger partial charge in [-0.05, 0) is 74.4 Å². The van der Waals surface area contributed by atoms with Gasteiger partial charge in [0.1, 0.15) is 0 Å². The largest absolute Gasteiger partial charge is 0.370 e. The highest BCUT2D eigenvalue weighted by Crippen LogP contribution is 2.36. The number of hydrogen-bond acceptors (Lipinski definition) is 5. The number of hydrogen-bond donors (Lipinski definition) is 2. The summed E-state index contributed by atoms with van der Waals surface area (Å²) in [5, 5.41) is 3.97. The minimum atomic E-state index is -0.312. The first-order chi connectivity index (χ1) is 22.1. The number of carbonyl (C=O) groups excluding carboxylic acids is 2. The third-order valence-electron chi connectivity index (χ3n) is 9.46. The van der Waals surface area contributed by atoms with Gasteiger partial charge in [-0.2, -0.15) is 0 Å². The molecule has 3 aliphatic heterocycles. The Labute approximate surface area is 280 Å². The summed E-state index contributed by atoms with van der Waals surface area (Å²) in [6.07, 6.45) is 1.52. The summed E-state index contributed by atoms with van der Waals surface area (Å²) in [6.45, 7) is 7.91. The third kappa shape index (κ3) is 6.82. The van der Waals surface area contributed by atoms with Crippen molar-refractivity contribution in [1.82, 2.24) is 14.7 Å². The van der Waals surface area contributed by atoms with E-state index in [2.05, 4.69) is 38.3 Å². The average Bonchev–Trinajstić information content (AvgIpc) is 3.65. The first-order valence-electron chi connectivity index (χ1n) is 15.8. The van der Waals surface area contributed by atoms with Crippen molar-refractivity contribution in [2.24, 2.45) is 10.7 Å². The lowest BCUT2D eigenvalue weighted by Crippen LogP contribution is -2.53. The smallest absolute Gasteiger partial charge is 0.254 e. The number of anilines is 2. The fourth-order valence-electron chi connectivity index (χ4n) is 7.21. The van der Waals surface area contributed by atoms with E-state index in [-0.39, 0.29) is 17.9 Å². The van der Waals surface area contributed by atoms with E-state index in [4.69, 9.17) is 28.9 Å². The summed E-state index contributed by atoms with van der Waals surface area (Å²) in [5.74, 6) is 0.452. The van der Waals surface area contributed by atoms with E-state index < -0.39 is 0 Å². The third-order valence-corrected chi connectivity index (χ3v) is 10.2. The zero-order valence-electron chi connectivity index (χ0n) is 26.5. The summed E-state index contributed by atoms with van der Waals surface area (Å²) in [7, 11) is 1.65. The molecule has 46 heavy (non-hydrogen) atoms. The van der Waals surface area contributed by atoms with Gasteiger partial charge in [0.05, 0.1) is 16.1 Å². The van der Waals surface area contributed by atoms with Crippen molar-refractivity contribution in [1.29, 1.82) is 0 Å². The Morgan fingerprint density at radius 3 is 2.30 bits per heavy atom. The molecule has 11 heteroatoms. The Kier molecular flexibility index (Phi) is 9.45. The molecule has 0 aliphatic carbocycles. The predicted octanol–water partition coefficient (Wildman–Crippen LogP) is 5.35. The van der Waals surface area contributed by atoms with Crippen molar-refractivity contribution in [3.63, 3.8) is 0 Å². The lowest BCUT2D eigenvalue weighted by molar-refractivity contribution is -0.136. The van der Waals surface area contributed by atoms with E-state index in [9.17, 15) is 9.59 Å². The Morgan fingerprint density at radius 2 is 1.65 bits per heavy atom. The van der Waals surface area contributed by atoms with Gasteiger partial charge < -0.3 is 25.8 Å². The maximum Gasteiger partial charge on any atom is 0.254 e. The van der Waals surface area contributed by atoms with Gasteiger partial charge in [0.2, 0.25) is 5.91 Å². The molecule has 3 aliphatic rings. The molecule has 2 amide bonds. The van der Waals surface area contributed by atoms with Gasteiger partial charge in [-0.25, -0.2) is 0 Å². The molecule has 3 saturated heterocycles. The van der Waals surface area contributed by atoms with Crippen molar-refractivity contribution in [2.45, 2.75) is 44.8 Å². The number of rotatable bonds is 7. The van der Waals surface area contributed by atoms with Crippen LogP contribution in [0.2, 0.25) is 10.0 Å². The van der Waals surface area contributed by atoms with Crippen molar-refractivity contribution < 1.29 is 9.59 Å². The van der Waals surface area contributed by atoms with Crippen LogP contribution in [0.3, 0.4) is 0 Å². The summed E-state index contributed by atoms with van der Waals surface area (Å²) >= 11 is 12.7. The number of piperazine rings is 2. The second-order valence-corrected chi connectivity index (χ2v) is 13.4. The minimum Gasteiger partial charge on any atom is -0.370 e. The lowest BCUT2D eigenvalue weighted by atomic mass is 10.00.